The first-order chi connectivity index (χ1) is 13.9. The molecule has 0 aliphatic rings. The summed E-state index contributed by atoms with van der Waals surface area (Å²) in [5, 5.41) is 0.406. The van der Waals surface area contributed by atoms with Gasteiger partial charge in [-0.15, -0.1) is 0 Å². The Labute approximate surface area is 187 Å². The monoisotopic (exact) mass is 464 g/mol. The number of aryl methyl sites for hydroxylation is 1. The van der Waals surface area contributed by atoms with Gasteiger partial charge in [0.25, 0.3) is 0 Å². The van der Waals surface area contributed by atoms with Crippen LogP contribution in [0.3, 0.4) is 0 Å². The van der Waals surface area contributed by atoms with Crippen LogP contribution in [0.4, 0.5) is 0 Å². The predicted octanol–water partition coefficient (Wildman–Crippen LogP) is 6.00. The van der Waals surface area contributed by atoms with Gasteiger partial charge in [-0.25, -0.2) is 0 Å². The lowest BCUT2D eigenvalue weighted by Gasteiger charge is -2.00. The Balaban J connectivity index is 0.000000166. The summed E-state index contributed by atoms with van der Waals surface area (Å²) >= 11 is 22.7. The van der Waals surface area contributed by atoms with Crippen molar-refractivity contribution >= 4 is 46.4 Å². The number of hydrogen-bond donors (Lipinski definition) is 0. The van der Waals surface area contributed by atoms with Gasteiger partial charge in [-0.1, -0.05) is 60.2 Å². The highest BCUT2D eigenvalue weighted by Gasteiger charge is 2.05. The Morgan fingerprint density at radius 1 is 0.483 bits per heavy atom. The summed E-state index contributed by atoms with van der Waals surface area (Å²) in [4.78, 5) is 23.3. The Morgan fingerprint density at radius 2 is 0.862 bits per heavy atom. The van der Waals surface area contributed by atoms with Crippen molar-refractivity contribution < 1.29 is 0 Å². The summed E-state index contributed by atoms with van der Waals surface area (Å²) in [6, 6.07) is 17.2. The van der Waals surface area contributed by atoms with Gasteiger partial charge < -0.3 is 0 Å². The molecule has 6 nitrogen and oxygen atoms in total. The van der Waals surface area contributed by atoms with Gasteiger partial charge in [-0.2, -0.15) is 29.9 Å². The molecular weight excluding hydrogens is 454 g/mol. The molecule has 2 aromatic carbocycles. The molecule has 0 amide bonds. The van der Waals surface area contributed by atoms with Crippen LogP contribution in [0.5, 0.6) is 0 Å². The third kappa shape index (κ3) is 6.30. The van der Waals surface area contributed by atoms with Gasteiger partial charge in [-0.3, -0.25) is 0 Å². The van der Waals surface area contributed by atoms with Crippen molar-refractivity contribution in [2.75, 3.05) is 0 Å². The molecule has 2 heterocycles. The van der Waals surface area contributed by atoms with Crippen LogP contribution < -0.4 is 0 Å². The van der Waals surface area contributed by atoms with E-state index in [1.165, 1.54) is 5.56 Å². The topological polar surface area (TPSA) is 77.3 Å². The Morgan fingerprint density at radius 3 is 1.28 bits per heavy atom. The van der Waals surface area contributed by atoms with Crippen molar-refractivity contribution in [1.29, 1.82) is 0 Å². The Bertz CT molecular complexity index is 1070. The number of hydrogen-bond acceptors (Lipinski definition) is 6. The molecule has 0 N–H and O–H groups in total. The molecule has 0 unspecified atom stereocenters. The fourth-order valence-corrected chi connectivity index (χ4v) is 2.93. The van der Waals surface area contributed by atoms with Crippen molar-refractivity contribution in [3.05, 3.63) is 81.3 Å². The quantitative estimate of drug-likeness (QED) is 0.361. The van der Waals surface area contributed by atoms with Gasteiger partial charge >= 0.3 is 0 Å². The van der Waals surface area contributed by atoms with E-state index in [1.54, 1.807) is 0 Å². The molecule has 0 saturated heterocycles. The summed E-state index contributed by atoms with van der Waals surface area (Å²) in [7, 11) is 0. The van der Waals surface area contributed by atoms with E-state index in [4.69, 9.17) is 46.4 Å². The van der Waals surface area contributed by atoms with Gasteiger partial charge in [0.15, 0.2) is 11.6 Å². The minimum atomic E-state index is 0.101. The fraction of sp³-hybridized carbons (Fsp3) is 0.0526. The van der Waals surface area contributed by atoms with Crippen LogP contribution in [0.1, 0.15) is 5.56 Å². The minimum Gasteiger partial charge on any atom is -0.198 e. The van der Waals surface area contributed by atoms with Crippen LogP contribution in [0.2, 0.25) is 21.1 Å². The SMILES string of the molecule is Cc1ccc(-c2nc(Cl)nc(Cl)n2)cc1.Clc1nc(Cl)nc(-c2ccccc2)n1. The summed E-state index contributed by atoms with van der Waals surface area (Å²) < 4.78 is 0. The van der Waals surface area contributed by atoms with Crippen molar-refractivity contribution in [2.45, 2.75) is 6.92 Å². The molecule has 146 valence electrons. The summed E-state index contributed by atoms with van der Waals surface area (Å²) in [6.07, 6.45) is 0. The molecule has 2 aromatic heterocycles. The van der Waals surface area contributed by atoms with Crippen LogP contribution in [0.15, 0.2) is 54.6 Å². The molecule has 0 bridgehead atoms. The molecule has 0 radical (unpaired) electrons. The fourth-order valence-electron chi connectivity index (χ4n) is 2.20. The van der Waals surface area contributed by atoms with E-state index in [0.717, 1.165) is 11.1 Å². The summed E-state index contributed by atoms with van der Waals surface area (Å²) in [6.45, 7) is 2.01. The standard InChI is InChI=1S/C10H7Cl2N3.C9H5Cl2N3/c1-6-2-4-7(5-3-6)8-13-9(11)15-10(12)14-8;10-8-12-7(13-9(11)14-8)6-4-2-1-3-5-6/h2-5H,1H3;1-5H. The zero-order chi connectivity index (χ0) is 20.8. The molecular formula is C19H12Cl4N6. The lowest BCUT2D eigenvalue weighted by atomic mass is 10.1. The number of aromatic nitrogens is 6. The van der Waals surface area contributed by atoms with Gasteiger partial charge in [0.05, 0.1) is 0 Å². The largest absolute Gasteiger partial charge is 0.227 e. The smallest absolute Gasteiger partial charge is 0.198 e. The molecule has 0 atom stereocenters. The first-order valence-corrected chi connectivity index (χ1v) is 9.68. The predicted molar refractivity (Wildman–Crippen MR) is 115 cm³/mol. The van der Waals surface area contributed by atoms with Crippen LogP contribution in [-0.4, -0.2) is 29.9 Å². The van der Waals surface area contributed by atoms with E-state index in [2.05, 4.69) is 29.9 Å². The molecule has 10 heteroatoms. The number of rotatable bonds is 2. The molecule has 4 rings (SSSR count). The lowest BCUT2D eigenvalue weighted by Crippen LogP contribution is -1.93. The first kappa shape index (κ1) is 21.3. The van der Waals surface area contributed by atoms with Crippen molar-refractivity contribution in [3.63, 3.8) is 0 Å². The van der Waals surface area contributed by atoms with E-state index in [9.17, 15) is 0 Å². The van der Waals surface area contributed by atoms with Crippen molar-refractivity contribution in [3.8, 4) is 22.8 Å². The van der Waals surface area contributed by atoms with Gasteiger partial charge in [0.1, 0.15) is 0 Å². The molecule has 0 aliphatic heterocycles. The number of benzene rings is 2. The van der Waals surface area contributed by atoms with Crippen molar-refractivity contribution in [1.82, 2.24) is 29.9 Å². The van der Waals surface area contributed by atoms with E-state index in [0.29, 0.717) is 11.6 Å². The first-order valence-electron chi connectivity index (χ1n) is 8.17. The average Bonchev–Trinajstić information content (AvgIpc) is 2.68. The molecule has 29 heavy (non-hydrogen) atoms. The lowest BCUT2D eigenvalue weighted by molar-refractivity contribution is 1.06. The van der Waals surface area contributed by atoms with E-state index < -0.39 is 0 Å². The zero-order valence-electron chi connectivity index (χ0n) is 14.9. The highest BCUT2D eigenvalue weighted by Crippen LogP contribution is 2.19. The van der Waals surface area contributed by atoms with Crippen LogP contribution in [-0.2, 0) is 0 Å². The zero-order valence-corrected chi connectivity index (χ0v) is 17.9. The normalized spacial score (nSPS) is 10.2. The third-order valence-corrected chi connectivity index (χ3v) is 4.18. The maximum Gasteiger partial charge on any atom is 0.227 e. The molecule has 4 aromatic rings. The number of nitrogens with zero attached hydrogens (tertiary/aromatic N) is 6. The third-order valence-electron chi connectivity index (χ3n) is 3.50. The minimum absolute atomic E-state index is 0.101. The maximum absolute atomic E-state index is 5.68. The van der Waals surface area contributed by atoms with Crippen molar-refractivity contribution in [2.24, 2.45) is 0 Å². The second-order valence-corrected chi connectivity index (χ2v) is 6.98. The molecule has 0 fully saturated rings. The van der Waals surface area contributed by atoms with E-state index in [-0.39, 0.29) is 21.1 Å². The molecule has 0 saturated carbocycles. The second-order valence-electron chi connectivity index (χ2n) is 5.63. The maximum atomic E-state index is 5.68. The van der Waals surface area contributed by atoms with E-state index >= 15 is 0 Å². The number of halogens is 4. The van der Waals surface area contributed by atoms with Crippen LogP contribution in [0, 0.1) is 6.92 Å². The Hall–Kier alpha value is -2.38. The van der Waals surface area contributed by atoms with Gasteiger partial charge in [0.2, 0.25) is 21.1 Å². The van der Waals surface area contributed by atoms with Gasteiger partial charge in [-0.05, 0) is 53.3 Å². The van der Waals surface area contributed by atoms with E-state index in [1.807, 2.05) is 61.5 Å². The summed E-state index contributed by atoms with van der Waals surface area (Å²) in [5.41, 5.74) is 2.90. The van der Waals surface area contributed by atoms with Gasteiger partial charge in [0, 0.05) is 11.1 Å². The average molecular weight is 466 g/mol. The Kier molecular flexibility index (Phi) is 7.28. The molecule has 0 spiro atoms. The highest BCUT2D eigenvalue weighted by molar-refractivity contribution is 6.31. The van der Waals surface area contributed by atoms with Crippen LogP contribution in [0.25, 0.3) is 22.8 Å². The van der Waals surface area contributed by atoms with Crippen LogP contribution >= 0.6 is 46.4 Å². The molecule has 0 aliphatic carbocycles. The highest BCUT2D eigenvalue weighted by atomic mass is 35.5. The second kappa shape index (κ2) is 9.89. The summed E-state index contributed by atoms with van der Waals surface area (Å²) in [5.74, 6) is 0.968.